The lowest BCUT2D eigenvalue weighted by Crippen LogP contribution is -2.12. The fourth-order valence-corrected chi connectivity index (χ4v) is 2.57. The number of rotatable bonds is 2. The summed E-state index contributed by atoms with van der Waals surface area (Å²) in [6.07, 6.45) is 2.73. The maximum atomic E-state index is 5.88. The van der Waals surface area contributed by atoms with Crippen LogP contribution in [-0.4, -0.2) is 30.9 Å². The van der Waals surface area contributed by atoms with Gasteiger partial charge in [0.05, 0.1) is 13.3 Å². The minimum absolute atomic E-state index is 0.569. The molecule has 0 amide bonds. The Bertz CT molecular complexity index is 591. The van der Waals surface area contributed by atoms with E-state index in [0.29, 0.717) is 5.82 Å². The molecule has 2 aromatic rings. The van der Waals surface area contributed by atoms with Crippen LogP contribution in [0.2, 0.25) is 0 Å². The fraction of sp³-hybridized carbons (Fsp3) is 0.308. The molecule has 0 unspecified atom stereocenters. The van der Waals surface area contributed by atoms with Gasteiger partial charge < -0.3 is 15.4 Å². The highest BCUT2D eigenvalue weighted by Crippen LogP contribution is 2.42. The summed E-state index contributed by atoms with van der Waals surface area (Å²) in [5, 5.41) is 6.72. The van der Waals surface area contributed by atoms with Crippen molar-refractivity contribution in [3.8, 4) is 16.9 Å². The molecule has 3 rings (SSSR count). The molecular weight excluding hydrogens is 228 g/mol. The van der Waals surface area contributed by atoms with Crippen molar-refractivity contribution in [3.63, 3.8) is 0 Å². The van der Waals surface area contributed by atoms with Crippen molar-refractivity contribution in [1.29, 1.82) is 0 Å². The van der Waals surface area contributed by atoms with Gasteiger partial charge in [-0.3, -0.25) is 5.10 Å². The summed E-state index contributed by atoms with van der Waals surface area (Å²) in [6, 6.07) is 4.16. The molecule has 1 aliphatic heterocycles. The minimum atomic E-state index is 0.569. The molecule has 18 heavy (non-hydrogen) atoms. The molecule has 1 aromatic heterocycles. The highest BCUT2D eigenvalue weighted by atomic mass is 16.5. The van der Waals surface area contributed by atoms with Crippen LogP contribution in [0.1, 0.15) is 5.56 Å². The highest BCUT2D eigenvalue weighted by molar-refractivity contribution is 5.82. The third-order valence-corrected chi connectivity index (χ3v) is 3.51. The number of hydrogen-bond acceptors (Lipinski definition) is 4. The van der Waals surface area contributed by atoms with E-state index in [1.165, 1.54) is 11.3 Å². The molecule has 2 heterocycles. The molecule has 0 aliphatic carbocycles. The molecule has 3 N–H and O–H groups in total. The Morgan fingerprint density at radius 1 is 1.39 bits per heavy atom. The number of ether oxygens (including phenoxy) is 1. The van der Waals surface area contributed by atoms with Gasteiger partial charge in [0.1, 0.15) is 11.6 Å². The number of fused-ring (bicyclic) bond motifs is 1. The largest absolute Gasteiger partial charge is 0.496 e. The molecule has 1 aromatic carbocycles. The van der Waals surface area contributed by atoms with E-state index in [2.05, 4.69) is 28.2 Å². The Morgan fingerprint density at radius 2 is 2.22 bits per heavy atom. The van der Waals surface area contributed by atoms with Crippen molar-refractivity contribution in [2.24, 2.45) is 0 Å². The first-order chi connectivity index (χ1) is 8.72. The summed E-state index contributed by atoms with van der Waals surface area (Å²) in [4.78, 5) is 2.24. The summed E-state index contributed by atoms with van der Waals surface area (Å²) in [7, 11) is 3.80. The maximum Gasteiger partial charge on any atom is 0.132 e. The Hall–Kier alpha value is -2.17. The van der Waals surface area contributed by atoms with E-state index in [4.69, 9.17) is 10.5 Å². The number of nitrogens with two attached hydrogens (primary N) is 1. The van der Waals surface area contributed by atoms with E-state index in [1.807, 2.05) is 6.07 Å². The van der Waals surface area contributed by atoms with Crippen LogP contribution in [0.4, 0.5) is 11.5 Å². The Balaban J connectivity index is 2.21. The van der Waals surface area contributed by atoms with Crippen molar-refractivity contribution in [1.82, 2.24) is 10.2 Å². The van der Waals surface area contributed by atoms with E-state index in [1.54, 1.807) is 13.3 Å². The number of likely N-dealkylation sites (N-methyl/N-ethyl adjacent to an activating group) is 1. The van der Waals surface area contributed by atoms with Crippen molar-refractivity contribution >= 4 is 11.5 Å². The molecule has 5 heteroatoms. The fourth-order valence-electron chi connectivity index (χ4n) is 2.57. The molecule has 0 atom stereocenters. The summed E-state index contributed by atoms with van der Waals surface area (Å²) in [5.74, 6) is 1.48. The lowest BCUT2D eigenvalue weighted by atomic mass is 10.0. The van der Waals surface area contributed by atoms with Gasteiger partial charge in [0.2, 0.25) is 0 Å². The van der Waals surface area contributed by atoms with Gasteiger partial charge in [0, 0.05) is 36.0 Å². The van der Waals surface area contributed by atoms with Crippen LogP contribution in [0.5, 0.6) is 5.75 Å². The van der Waals surface area contributed by atoms with Gasteiger partial charge in [-0.2, -0.15) is 5.10 Å². The lowest BCUT2D eigenvalue weighted by Gasteiger charge is -2.15. The predicted octanol–water partition coefficient (Wildman–Crippen LogP) is 1.66. The van der Waals surface area contributed by atoms with Gasteiger partial charge in [0.25, 0.3) is 0 Å². The van der Waals surface area contributed by atoms with Gasteiger partial charge in [-0.1, -0.05) is 0 Å². The predicted molar refractivity (Wildman–Crippen MR) is 72.0 cm³/mol. The second kappa shape index (κ2) is 3.94. The first-order valence-electron chi connectivity index (χ1n) is 5.92. The second-order valence-corrected chi connectivity index (χ2v) is 4.51. The summed E-state index contributed by atoms with van der Waals surface area (Å²) < 4.78 is 5.59. The number of methoxy groups -OCH3 is 1. The van der Waals surface area contributed by atoms with Crippen LogP contribution in [0.3, 0.4) is 0 Å². The van der Waals surface area contributed by atoms with E-state index < -0.39 is 0 Å². The summed E-state index contributed by atoms with van der Waals surface area (Å²) in [6.45, 7) is 1.02. The van der Waals surface area contributed by atoms with Gasteiger partial charge in [0.15, 0.2) is 0 Å². The molecule has 0 fully saturated rings. The number of aromatic amines is 1. The van der Waals surface area contributed by atoms with Gasteiger partial charge in [-0.15, -0.1) is 0 Å². The monoisotopic (exact) mass is 244 g/mol. The third kappa shape index (κ3) is 1.44. The Morgan fingerprint density at radius 3 is 2.89 bits per heavy atom. The van der Waals surface area contributed by atoms with Gasteiger partial charge in [-0.05, 0) is 18.6 Å². The Labute approximate surface area is 106 Å². The van der Waals surface area contributed by atoms with E-state index in [9.17, 15) is 0 Å². The number of anilines is 2. The lowest BCUT2D eigenvalue weighted by molar-refractivity contribution is 0.413. The number of H-pyrrole nitrogens is 1. The average molecular weight is 244 g/mol. The second-order valence-electron chi connectivity index (χ2n) is 4.51. The van der Waals surface area contributed by atoms with E-state index >= 15 is 0 Å². The van der Waals surface area contributed by atoms with Crippen LogP contribution in [0, 0.1) is 0 Å². The maximum absolute atomic E-state index is 5.88. The number of benzene rings is 1. The van der Waals surface area contributed by atoms with Crippen molar-refractivity contribution < 1.29 is 4.74 Å². The molecule has 0 spiro atoms. The van der Waals surface area contributed by atoms with Crippen molar-refractivity contribution in [2.45, 2.75) is 6.42 Å². The number of nitrogen functional groups attached to an aromatic ring is 1. The standard InChI is InChI=1S/C13H16N4O/c1-17-6-5-9-11(17)4-3-8(12(9)18-2)10-7-15-16-13(10)14/h3-4,7H,5-6H2,1-2H3,(H3,14,15,16). The van der Waals surface area contributed by atoms with Gasteiger partial charge in [-0.25, -0.2) is 0 Å². The average Bonchev–Trinajstić information content (AvgIpc) is 2.95. The van der Waals surface area contributed by atoms with Crippen LogP contribution in [0.25, 0.3) is 11.1 Å². The van der Waals surface area contributed by atoms with Crippen molar-refractivity contribution in [3.05, 3.63) is 23.9 Å². The number of hydrogen-bond donors (Lipinski definition) is 2. The van der Waals surface area contributed by atoms with Gasteiger partial charge >= 0.3 is 0 Å². The Kier molecular flexibility index (Phi) is 2.40. The molecule has 0 radical (unpaired) electrons. The highest BCUT2D eigenvalue weighted by Gasteiger charge is 2.23. The van der Waals surface area contributed by atoms with E-state index in [-0.39, 0.29) is 0 Å². The zero-order valence-corrected chi connectivity index (χ0v) is 10.5. The molecule has 0 saturated heterocycles. The van der Waals surface area contributed by atoms with Crippen LogP contribution in [0.15, 0.2) is 18.3 Å². The molecule has 0 bridgehead atoms. The van der Waals surface area contributed by atoms with Crippen LogP contribution >= 0.6 is 0 Å². The molecule has 94 valence electrons. The third-order valence-electron chi connectivity index (χ3n) is 3.51. The first kappa shape index (κ1) is 11.0. The smallest absolute Gasteiger partial charge is 0.132 e. The zero-order valence-electron chi connectivity index (χ0n) is 10.5. The topological polar surface area (TPSA) is 67.2 Å². The quantitative estimate of drug-likeness (QED) is 0.843. The van der Waals surface area contributed by atoms with E-state index in [0.717, 1.165) is 29.8 Å². The SMILES string of the molecule is COc1c(-c2cn[nH]c2N)ccc2c1CCN2C. The number of aromatic nitrogens is 2. The summed E-state index contributed by atoms with van der Waals surface area (Å²) in [5.41, 5.74) is 10.3. The zero-order chi connectivity index (χ0) is 12.7. The number of nitrogens with one attached hydrogen (secondary N) is 1. The molecule has 0 saturated carbocycles. The molecule has 1 aliphatic rings. The molecular formula is C13H16N4O. The van der Waals surface area contributed by atoms with Crippen LogP contribution in [-0.2, 0) is 6.42 Å². The normalized spacial score (nSPS) is 13.8. The summed E-state index contributed by atoms with van der Waals surface area (Å²) >= 11 is 0. The minimum Gasteiger partial charge on any atom is -0.496 e. The van der Waals surface area contributed by atoms with Crippen LogP contribution < -0.4 is 15.4 Å². The molecule has 5 nitrogen and oxygen atoms in total. The number of nitrogens with zero attached hydrogens (tertiary/aromatic N) is 2. The first-order valence-corrected chi connectivity index (χ1v) is 5.92. The van der Waals surface area contributed by atoms with Crippen molar-refractivity contribution in [2.75, 3.05) is 31.3 Å².